The second kappa shape index (κ2) is 5.96. The van der Waals surface area contributed by atoms with Crippen LogP contribution in [0.4, 0.5) is 13.2 Å². The molecule has 1 N–H and O–H groups in total. The average Bonchev–Trinajstić information content (AvgIpc) is 3.03. The summed E-state index contributed by atoms with van der Waals surface area (Å²) in [6.07, 6.45) is -3.24. The summed E-state index contributed by atoms with van der Waals surface area (Å²) in [5.41, 5.74) is -0.506. The molecule has 5 nitrogen and oxygen atoms in total. The van der Waals surface area contributed by atoms with Crippen molar-refractivity contribution in [2.24, 2.45) is 0 Å². The maximum Gasteiger partial charge on any atom is 0.418 e. The number of hydrogen-bond donors (Lipinski definition) is 1. The van der Waals surface area contributed by atoms with E-state index in [1.807, 2.05) is 0 Å². The summed E-state index contributed by atoms with van der Waals surface area (Å²) in [4.78, 5) is 3.93. The van der Waals surface area contributed by atoms with Gasteiger partial charge in [0, 0.05) is 11.2 Å². The van der Waals surface area contributed by atoms with Crippen molar-refractivity contribution >= 4 is 11.6 Å². The minimum Gasteiger partial charge on any atom is -0.260 e. The summed E-state index contributed by atoms with van der Waals surface area (Å²) in [5.74, 6) is -0.819. The molecule has 2 aromatic heterocycles. The van der Waals surface area contributed by atoms with Crippen LogP contribution in [0.2, 0.25) is 5.02 Å². The Morgan fingerprint density at radius 1 is 1.09 bits per heavy atom. The van der Waals surface area contributed by atoms with E-state index in [9.17, 15) is 13.2 Å². The summed E-state index contributed by atoms with van der Waals surface area (Å²) in [7, 11) is 0. The molecule has 3 aromatic rings. The predicted molar refractivity (Wildman–Crippen MR) is 75.8 cm³/mol. The normalized spacial score (nSPS) is 13.0. The molecule has 0 amide bonds. The van der Waals surface area contributed by atoms with Gasteiger partial charge in [-0.2, -0.15) is 18.4 Å². The van der Waals surface area contributed by atoms with E-state index >= 15 is 0 Å². The van der Waals surface area contributed by atoms with Crippen LogP contribution in [-0.2, 0) is 6.18 Å². The van der Waals surface area contributed by atoms with Crippen LogP contribution in [0.3, 0.4) is 0 Å². The number of benzene rings is 1. The molecule has 0 aliphatic carbocycles. The Balaban J connectivity index is 2.20. The molecule has 0 aliphatic heterocycles. The summed E-state index contributed by atoms with van der Waals surface area (Å²) in [5, 5.41) is 13.8. The number of tetrazole rings is 1. The quantitative estimate of drug-likeness (QED) is 0.793. The van der Waals surface area contributed by atoms with Crippen LogP contribution in [0.5, 0.6) is 0 Å². The van der Waals surface area contributed by atoms with E-state index in [-0.39, 0.29) is 11.5 Å². The largest absolute Gasteiger partial charge is 0.418 e. The number of halogens is 4. The van der Waals surface area contributed by atoms with Crippen molar-refractivity contribution in [1.29, 1.82) is 0 Å². The molecule has 3 rings (SSSR count). The number of pyridine rings is 1. The monoisotopic (exact) mass is 339 g/mol. The Bertz CT molecular complexity index is 787. The minimum absolute atomic E-state index is 0.0940. The zero-order valence-corrected chi connectivity index (χ0v) is 12.2. The van der Waals surface area contributed by atoms with Crippen LogP contribution in [0.25, 0.3) is 0 Å². The van der Waals surface area contributed by atoms with Gasteiger partial charge >= 0.3 is 6.18 Å². The molecule has 2 heterocycles. The fourth-order valence-electron chi connectivity index (χ4n) is 2.26. The van der Waals surface area contributed by atoms with E-state index in [1.54, 1.807) is 24.3 Å². The SMILES string of the molecule is FC(F)(F)c1cccnc1C(c1ccc(Cl)cc1)c1nn[nH]n1. The molecule has 0 fully saturated rings. The second-order valence-corrected chi connectivity index (χ2v) is 5.12. The highest BCUT2D eigenvalue weighted by molar-refractivity contribution is 6.30. The maximum absolute atomic E-state index is 13.3. The predicted octanol–water partition coefficient (Wildman–Crippen LogP) is 3.45. The third kappa shape index (κ3) is 3.16. The zero-order chi connectivity index (χ0) is 16.4. The van der Waals surface area contributed by atoms with Crippen molar-refractivity contribution < 1.29 is 13.2 Å². The lowest BCUT2D eigenvalue weighted by molar-refractivity contribution is -0.138. The smallest absolute Gasteiger partial charge is 0.260 e. The molecular formula is C14H9ClF3N5. The first-order chi connectivity index (χ1) is 11.0. The van der Waals surface area contributed by atoms with Crippen LogP contribution >= 0.6 is 11.6 Å². The zero-order valence-electron chi connectivity index (χ0n) is 11.4. The summed E-state index contributed by atoms with van der Waals surface area (Å²) < 4.78 is 39.9. The minimum atomic E-state index is -4.54. The topological polar surface area (TPSA) is 67.3 Å². The van der Waals surface area contributed by atoms with E-state index in [1.165, 1.54) is 12.3 Å². The Labute approximate surface area is 133 Å². The van der Waals surface area contributed by atoms with Gasteiger partial charge in [-0.3, -0.25) is 4.98 Å². The molecule has 118 valence electrons. The maximum atomic E-state index is 13.3. The molecule has 0 aliphatic rings. The Hall–Kier alpha value is -2.48. The van der Waals surface area contributed by atoms with Crippen LogP contribution < -0.4 is 0 Å². The highest BCUT2D eigenvalue weighted by Gasteiger charge is 2.37. The Morgan fingerprint density at radius 2 is 1.83 bits per heavy atom. The van der Waals surface area contributed by atoms with Crippen molar-refractivity contribution in [3.05, 3.63) is 70.3 Å². The number of aromatic amines is 1. The van der Waals surface area contributed by atoms with E-state index in [0.29, 0.717) is 10.6 Å². The van der Waals surface area contributed by atoms with Crippen LogP contribution in [0, 0.1) is 0 Å². The summed E-state index contributed by atoms with van der Waals surface area (Å²) in [6, 6.07) is 8.60. The number of nitrogens with one attached hydrogen (secondary N) is 1. The molecule has 1 aromatic carbocycles. The van der Waals surface area contributed by atoms with Gasteiger partial charge in [0.05, 0.1) is 17.2 Å². The summed E-state index contributed by atoms with van der Waals surface area (Å²) in [6.45, 7) is 0. The first-order valence-electron chi connectivity index (χ1n) is 6.47. The first-order valence-corrected chi connectivity index (χ1v) is 6.85. The highest BCUT2D eigenvalue weighted by atomic mass is 35.5. The molecule has 1 atom stereocenters. The third-order valence-corrected chi connectivity index (χ3v) is 3.49. The van der Waals surface area contributed by atoms with Crippen molar-refractivity contribution in [3.63, 3.8) is 0 Å². The lowest BCUT2D eigenvalue weighted by Gasteiger charge is -2.18. The number of H-pyrrole nitrogens is 1. The fourth-order valence-corrected chi connectivity index (χ4v) is 2.39. The van der Waals surface area contributed by atoms with Gasteiger partial charge in [-0.05, 0) is 29.8 Å². The van der Waals surface area contributed by atoms with E-state index in [0.717, 1.165) is 6.07 Å². The molecule has 0 saturated carbocycles. The van der Waals surface area contributed by atoms with Gasteiger partial charge in [0.15, 0.2) is 5.82 Å². The molecule has 0 radical (unpaired) electrons. The third-order valence-electron chi connectivity index (χ3n) is 3.24. The van der Waals surface area contributed by atoms with Crippen molar-refractivity contribution in [2.75, 3.05) is 0 Å². The summed E-state index contributed by atoms with van der Waals surface area (Å²) >= 11 is 5.85. The molecule has 23 heavy (non-hydrogen) atoms. The Kier molecular flexibility index (Phi) is 3.99. The molecule has 9 heteroatoms. The molecular weight excluding hydrogens is 331 g/mol. The van der Waals surface area contributed by atoms with Gasteiger partial charge in [0.1, 0.15) is 0 Å². The van der Waals surface area contributed by atoms with Gasteiger partial charge in [0.2, 0.25) is 0 Å². The molecule has 0 spiro atoms. The standard InChI is InChI=1S/C14H9ClF3N5/c15-9-5-3-8(4-6-9)11(13-20-22-23-21-13)12-10(14(16,17)18)2-1-7-19-12/h1-7,11H,(H,20,21,22,23). The molecule has 0 saturated heterocycles. The number of alkyl halides is 3. The van der Waals surface area contributed by atoms with Gasteiger partial charge < -0.3 is 0 Å². The number of aromatic nitrogens is 5. The number of hydrogen-bond acceptors (Lipinski definition) is 4. The van der Waals surface area contributed by atoms with E-state index in [4.69, 9.17) is 11.6 Å². The second-order valence-electron chi connectivity index (χ2n) is 4.69. The number of rotatable bonds is 3. The van der Waals surface area contributed by atoms with Crippen molar-refractivity contribution in [2.45, 2.75) is 12.1 Å². The lowest BCUT2D eigenvalue weighted by atomic mass is 9.91. The van der Waals surface area contributed by atoms with Gasteiger partial charge in [-0.25, -0.2) is 0 Å². The molecule has 0 bridgehead atoms. The van der Waals surface area contributed by atoms with Gasteiger partial charge in [-0.15, -0.1) is 10.2 Å². The van der Waals surface area contributed by atoms with Crippen molar-refractivity contribution in [1.82, 2.24) is 25.6 Å². The van der Waals surface area contributed by atoms with Gasteiger partial charge in [0.25, 0.3) is 0 Å². The lowest BCUT2D eigenvalue weighted by Crippen LogP contribution is -2.16. The average molecular weight is 340 g/mol. The molecule has 1 unspecified atom stereocenters. The van der Waals surface area contributed by atoms with Crippen LogP contribution in [-0.4, -0.2) is 25.6 Å². The first kappa shape index (κ1) is 15.4. The Morgan fingerprint density at radius 3 is 2.43 bits per heavy atom. The van der Waals surface area contributed by atoms with E-state index in [2.05, 4.69) is 25.6 Å². The van der Waals surface area contributed by atoms with Gasteiger partial charge in [-0.1, -0.05) is 28.9 Å². The van der Waals surface area contributed by atoms with E-state index < -0.39 is 17.7 Å². The van der Waals surface area contributed by atoms with Crippen LogP contribution in [0.1, 0.15) is 28.6 Å². The van der Waals surface area contributed by atoms with Crippen molar-refractivity contribution in [3.8, 4) is 0 Å². The fraction of sp³-hybridized carbons (Fsp3) is 0.143. The number of nitrogens with zero attached hydrogens (tertiary/aromatic N) is 4. The highest BCUT2D eigenvalue weighted by Crippen LogP contribution is 2.38. The van der Waals surface area contributed by atoms with Crippen LogP contribution in [0.15, 0.2) is 42.6 Å².